The number of aromatic nitrogens is 4. The van der Waals surface area contributed by atoms with Gasteiger partial charge in [0.15, 0.2) is 23.0 Å². The molecule has 0 aliphatic carbocycles. The molecule has 0 aliphatic heterocycles. The number of anilines is 2. The van der Waals surface area contributed by atoms with Gasteiger partial charge in [-0.25, -0.2) is 13.8 Å². The molecule has 0 fully saturated rings. The number of pyridine rings is 2. The summed E-state index contributed by atoms with van der Waals surface area (Å²) in [5.74, 6) is -1.43. The molecule has 1 unspecified atom stereocenters. The highest BCUT2D eigenvalue weighted by molar-refractivity contribution is 6.04. The third kappa shape index (κ3) is 5.38. The van der Waals surface area contributed by atoms with Gasteiger partial charge < -0.3 is 20.5 Å². The van der Waals surface area contributed by atoms with Crippen LogP contribution in [0.15, 0.2) is 71.8 Å². The van der Waals surface area contributed by atoms with E-state index in [0.717, 1.165) is 6.07 Å². The number of ether oxygens (including phenoxy) is 1. The van der Waals surface area contributed by atoms with Gasteiger partial charge in [-0.2, -0.15) is 5.10 Å². The van der Waals surface area contributed by atoms with E-state index in [0.29, 0.717) is 28.1 Å². The minimum absolute atomic E-state index is 0.103. The molecule has 0 saturated heterocycles. The number of aromatic amines is 1. The van der Waals surface area contributed by atoms with Crippen LogP contribution in [0.25, 0.3) is 16.7 Å². The van der Waals surface area contributed by atoms with Crippen molar-refractivity contribution in [1.29, 1.82) is 0 Å². The Balaban J connectivity index is 1.38. The molecule has 0 radical (unpaired) electrons. The molecule has 0 saturated carbocycles. The summed E-state index contributed by atoms with van der Waals surface area (Å²) in [6.45, 7) is 3.34. The fourth-order valence-electron chi connectivity index (χ4n) is 4.04. The number of fused-ring (bicyclic) bond motifs is 1. The number of hydrogen-bond acceptors (Lipinski definition) is 7. The van der Waals surface area contributed by atoms with Crippen molar-refractivity contribution in [2.75, 3.05) is 17.2 Å². The number of halogens is 2. The Morgan fingerprint density at radius 3 is 2.62 bits per heavy atom. The molecular formula is C28H24F2N6O4. The van der Waals surface area contributed by atoms with Crippen molar-refractivity contribution in [2.24, 2.45) is 0 Å². The maximum atomic E-state index is 15.1. The van der Waals surface area contributed by atoms with Crippen molar-refractivity contribution >= 4 is 28.4 Å². The largest absolute Gasteiger partial charge is 0.453 e. The molecule has 2 aromatic carbocycles. The number of rotatable bonds is 8. The Morgan fingerprint density at radius 1 is 1.12 bits per heavy atom. The van der Waals surface area contributed by atoms with Crippen LogP contribution in [-0.4, -0.2) is 43.4 Å². The first-order valence-corrected chi connectivity index (χ1v) is 12.2. The average Bonchev–Trinajstić information content (AvgIpc) is 3.35. The molecule has 5 aromatic rings. The number of aliphatic hydroxyl groups is 1. The van der Waals surface area contributed by atoms with Crippen LogP contribution >= 0.6 is 0 Å². The van der Waals surface area contributed by atoms with Gasteiger partial charge >= 0.3 is 0 Å². The summed E-state index contributed by atoms with van der Waals surface area (Å²) in [5.41, 5.74) is 0.737. The number of aryl methyl sites for hydroxylation is 1. The number of carbonyl (C=O) groups is 1. The first-order valence-electron chi connectivity index (χ1n) is 12.2. The van der Waals surface area contributed by atoms with Gasteiger partial charge in [0.25, 0.3) is 11.5 Å². The fraction of sp³-hybridized carbons (Fsp3) is 0.143. The molecule has 1 atom stereocenters. The summed E-state index contributed by atoms with van der Waals surface area (Å²) in [4.78, 5) is 30.2. The normalized spacial score (nSPS) is 11.8. The van der Waals surface area contributed by atoms with Crippen LogP contribution in [0.3, 0.4) is 0 Å². The van der Waals surface area contributed by atoms with Gasteiger partial charge in [0.05, 0.1) is 6.61 Å². The van der Waals surface area contributed by atoms with Crippen LogP contribution in [0, 0.1) is 18.6 Å². The van der Waals surface area contributed by atoms with Gasteiger partial charge in [0, 0.05) is 41.9 Å². The molecule has 0 aliphatic rings. The van der Waals surface area contributed by atoms with Gasteiger partial charge in [0.2, 0.25) is 0 Å². The van der Waals surface area contributed by atoms with E-state index in [1.165, 1.54) is 53.2 Å². The molecule has 204 valence electrons. The lowest BCUT2D eigenvalue weighted by molar-refractivity contribution is 0.102. The van der Waals surface area contributed by atoms with Crippen molar-refractivity contribution in [3.63, 3.8) is 0 Å². The molecule has 5 rings (SSSR count). The Kier molecular flexibility index (Phi) is 7.25. The van der Waals surface area contributed by atoms with E-state index >= 15 is 4.39 Å². The highest BCUT2D eigenvalue weighted by Gasteiger charge is 2.18. The highest BCUT2D eigenvalue weighted by atomic mass is 19.1. The Morgan fingerprint density at radius 2 is 1.90 bits per heavy atom. The number of nitrogens with zero attached hydrogens (tertiary/aromatic N) is 3. The average molecular weight is 547 g/mol. The Bertz CT molecular complexity index is 1770. The summed E-state index contributed by atoms with van der Waals surface area (Å²) in [7, 11) is 0. The van der Waals surface area contributed by atoms with E-state index < -0.39 is 23.1 Å². The lowest BCUT2D eigenvalue weighted by Gasteiger charge is -2.13. The third-order valence-electron chi connectivity index (χ3n) is 5.99. The zero-order valence-electron chi connectivity index (χ0n) is 21.4. The van der Waals surface area contributed by atoms with Crippen molar-refractivity contribution < 1.29 is 23.4 Å². The zero-order valence-corrected chi connectivity index (χ0v) is 21.4. The van der Waals surface area contributed by atoms with E-state index in [2.05, 4.69) is 25.8 Å². The third-order valence-corrected chi connectivity index (χ3v) is 5.99. The summed E-state index contributed by atoms with van der Waals surface area (Å²) in [6, 6.07) is 11.8. The molecule has 3 heterocycles. The first-order chi connectivity index (χ1) is 19.2. The maximum absolute atomic E-state index is 15.1. The quantitative estimate of drug-likeness (QED) is 0.225. The van der Waals surface area contributed by atoms with Gasteiger partial charge in [-0.05, 0) is 61.9 Å². The zero-order chi connectivity index (χ0) is 28.4. The standard InChI is InChI=1S/C28H24F2N6O4/c1-15-11-20(28(39)36(13-15)19-6-3-17(29)4-7-19)27(38)33-18-5-8-22(21(30)12-18)40-23-9-10-31-25-24(23)26(35-34-25)32-16(2)14-37/h3-13,16,37H,14H2,1-2H3,(H,33,38)(H2,31,32,34,35). The molecule has 10 nitrogen and oxygen atoms in total. The molecule has 0 spiro atoms. The molecule has 40 heavy (non-hydrogen) atoms. The van der Waals surface area contributed by atoms with Crippen molar-refractivity contribution in [3.05, 3.63) is 100 Å². The van der Waals surface area contributed by atoms with Gasteiger partial charge in [-0.3, -0.25) is 19.3 Å². The van der Waals surface area contributed by atoms with Crippen LogP contribution in [0.4, 0.5) is 20.3 Å². The second kappa shape index (κ2) is 10.9. The molecule has 3 aromatic heterocycles. The van der Waals surface area contributed by atoms with Crippen LogP contribution in [-0.2, 0) is 0 Å². The van der Waals surface area contributed by atoms with Gasteiger partial charge in [-0.15, -0.1) is 0 Å². The number of benzene rings is 2. The number of nitrogens with one attached hydrogen (secondary N) is 3. The number of hydrogen-bond donors (Lipinski definition) is 4. The predicted molar refractivity (Wildman–Crippen MR) is 145 cm³/mol. The smallest absolute Gasteiger partial charge is 0.267 e. The van der Waals surface area contributed by atoms with E-state index in [1.807, 2.05) is 0 Å². The summed E-state index contributed by atoms with van der Waals surface area (Å²) < 4.78 is 35.5. The minimum Gasteiger partial charge on any atom is -0.453 e. The summed E-state index contributed by atoms with van der Waals surface area (Å²) >= 11 is 0. The Hall–Kier alpha value is -5.10. The summed E-state index contributed by atoms with van der Waals surface area (Å²) in [6.07, 6.45) is 3.02. The van der Waals surface area contributed by atoms with Crippen LogP contribution in [0.5, 0.6) is 11.5 Å². The van der Waals surface area contributed by atoms with Crippen molar-refractivity contribution in [3.8, 4) is 17.2 Å². The molecular weight excluding hydrogens is 522 g/mol. The van der Waals surface area contributed by atoms with Crippen LogP contribution in [0.1, 0.15) is 22.8 Å². The molecule has 4 N–H and O–H groups in total. The SMILES string of the molecule is Cc1cc(C(=O)Nc2ccc(Oc3ccnc4[nH]nc(NC(C)CO)c34)c(F)c2)c(=O)n(-c2ccc(F)cc2)c1. The van der Waals surface area contributed by atoms with Crippen molar-refractivity contribution in [2.45, 2.75) is 19.9 Å². The summed E-state index contributed by atoms with van der Waals surface area (Å²) in [5, 5.41) is 22.3. The molecule has 12 heteroatoms. The van der Waals surface area contributed by atoms with E-state index in [4.69, 9.17) is 4.74 Å². The molecule has 0 bridgehead atoms. The van der Waals surface area contributed by atoms with Crippen LogP contribution in [0.2, 0.25) is 0 Å². The number of H-pyrrole nitrogens is 1. The second-order valence-electron chi connectivity index (χ2n) is 9.12. The monoisotopic (exact) mass is 546 g/mol. The minimum atomic E-state index is -0.766. The first kappa shape index (κ1) is 26.5. The lowest BCUT2D eigenvalue weighted by atomic mass is 10.1. The lowest BCUT2D eigenvalue weighted by Crippen LogP contribution is -2.28. The van der Waals surface area contributed by atoms with E-state index in [9.17, 15) is 19.1 Å². The molecule has 1 amide bonds. The number of carbonyl (C=O) groups excluding carboxylic acids is 1. The predicted octanol–water partition coefficient (Wildman–Crippen LogP) is 4.53. The number of aliphatic hydroxyl groups excluding tert-OH is 1. The highest BCUT2D eigenvalue weighted by Crippen LogP contribution is 2.34. The topological polar surface area (TPSA) is 134 Å². The second-order valence-corrected chi connectivity index (χ2v) is 9.12. The van der Waals surface area contributed by atoms with E-state index in [1.54, 1.807) is 26.1 Å². The van der Waals surface area contributed by atoms with Crippen LogP contribution < -0.4 is 20.9 Å². The van der Waals surface area contributed by atoms with E-state index in [-0.39, 0.29) is 35.4 Å². The number of amides is 1. The fourth-order valence-corrected chi connectivity index (χ4v) is 4.04. The maximum Gasteiger partial charge on any atom is 0.267 e. The van der Waals surface area contributed by atoms with Gasteiger partial charge in [0.1, 0.15) is 22.5 Å². The van der Waals surface area contributed by atoms with Crippen molar-refractivity contribution in [1.82, 2.24) is 19.7 Å². The Labute approximate surface area is 226 Å². The van der Waals surface area contributed by atoms with Gasteiger partial charge in [-0.1, -0.05) is 0 Å².